The second-order valence-electron chi connectivity index (χ2n) is 8.14. The third-order valence-electron chi connectivity index (χ3n) is 4.87. The lowest BCUT2D eigenvalue weighted by molar-refractivity contribution is 0.0179. The molecule has 2 aliphatic rings. The number of ether oxygens (including phenoxy) is 1. The van der Waals surface area contributed by atoms with Gasteiger partial charge in [-0.1, -0.05) is 0 Å². The summed E-state index contributed by atoms with van der Waals surface area (Å²) in [5.41, 5.74) is -0.551. The fourth-order valence-electron chi connectivity index (χ4n) is 3.07. The molecule has 0 radical (unpaired) electrons. The van der Waals surface area contributed by atoms with Gasteiger partial charge in [-0.05, 0) is 71.8 Å². The zero-order chi connectivity index (χ0) is 16.4. The van der Waals surface area contributed by atoms with E-state index in [9.17, 15) is 9.90 Å². The molecule has 1 saturated heterocycles. The number of nitrogens with one attached hydrogen (secondary N) is 1. The van der Waals surface area contributed by atoms with Crippen molar-refractivity contribution in [3.63, 3.8) is 0 Å². The summed E-state index contributed by atoms with van der Waals surface area (Å²) in [6.07, 6.45) is 4.25. The average Bonchev–Trinajstić information content (AvgIpc) is 3.28. The summed E-state index contributed by atoms with van der Waals surface area (Å²) < 4.78 is 5.42. The Hall–Kier alpha value is -0.810. The van der Waals surface area contributed by atoms with E-state index in [1.165, 1.54) is 12.8 Å². The molecular weight excluding hydrogens is 280 g/mol. The van der Waals surface area contributed by atoms with E-state index in [2.05, 4.69) is 12.2 Å². The van der Waals surface area contributed by atoms with E-state index in [-0.39, 0.29) is 18.2 Å². The molecule has 0 bridgehead atoms. The summed E-state index contributed by atoms with van der Waals surface area (Å²) >= 11 is 0. The number of hydrogen-bond acceptors (Lipinski definition) is 4. The maximum Gasteiger partial charge on any atom is 0.410 e. The Morgan fingerprint density at radius 2 is 1.77 bits per heavy atom. The Balaban J connectivity index is 1.72. The molecule has 1 saturated carbocycles. The van der Waals surface area contributed by atoms with Crippen LogP contribution in [-0.2, 0) is 4.74 Å². The quantitative estimate of drug-likeness (QED) is 0.818. The van der Waals surface area contributed by atoms with Gasteiger partial charge in [-0.25, -0.2) is 4.79 Å². The molecule has 1 atom stereocenters. The van der Waals surface area contributed by atoms with Crippen molar-refractivity contribution in [1.29, 1.82) is 0 Å². The van der Waals surface area contributed by atoms with Crippen molar-refractivity contribution in [2.45, 2.75) is 64.5 Å². The van der Waals surface area contributed by atoms with Gasteiger partial charge in [0.15, 0.2) is 0 Å². The number of likely N-dealkylation sites (tertiary alicyclic amines) is 1. The SMILES string of the molecule is CC(C)(C)OC(=O)N1CCC(CNC(C)(CO)C2CC2)CC1. The number of piperidine rings is 1. The van der Waals surface area contributed by atoms with Gasteiger partial charge in [-0.3, -0.25) is 0 Å². The lowest BCUT2D eigenvalue weighted by Crippen LogP contribution is -2.51. The van der Waals surface area contributed by atoms with Crippen LogP contribution in [-0.4, -0.2) is 53.5 Å². The van der Waals surface area contributed by atoms with Crippen LogP contribution in [0.15, 0.2) is 0 Å². The molecule has 1 amide bonds. The number of aliphatic hydroxyl groups is 1. The first-order valence-electron chi connectivity index (χ1n) is 8.57. The molecule has 128 valence electrons. The normalized spacial score (nSPS) is 23.2. The number of carbonyl (C=O) groups is 1. The van der Waals surface area contributed by atoms with Gasteiger partial charge in [0.1, 0.15) is 5.60 Å². The van der Waals surface area contributed by atoms with E-state index < -0.39 is 5.60 Å². The largest absolute Gasteiger partial charge is 0.444 e. The Morgan fingerprint density at radius 3 is 2.23 bits per heavy atom. The maximum atomic E-state index is 12.0. The molecule has 0 aromatic rings. The summed E-state index contributed by atoms with van der Waals surface area (Å²) in [5, 5.41) is 13.2. The molecule has 0 aromatic heterocycles. The summed E-state index contributed by atoms with van der Waals surface area (Å²) in [7, 11) is 0. The van der Waals surface area contributed by atoms with Crippen LogP contribution in [0, 0.1) is 11.8 Å². The zero-order valence-corrected chi connectivity index (χ0v) is 14.5. The van der Waals surface area contributed by atoms with Gasteiger partial charge in [-0.15, -0.1) is 0 Å². The average molecular weight is 312 g/mol. The first kappa shape index (κ1) is 17.5. The second kappa shape index (κ2) is 6.75. The summed E-state index contributed by atoms with van der Waals surface area (Å²) in [5.74, 6) is 1.20. The van der Waals surface area contributed by atoms with Crippen molar-refractivity contribution in [3.8, 4) is 0 Å². The van der Waals surface area contributed by atoms with Crippen LogP contribution < -0.4 is 5.32 Å². The molecule has 2 fully saturated rings. The highest BCUT2D eigenvalue weighted by Gasteiger charge is 2.41. The summed E-state index contributed by atoms with van der Waals surface area (Å²) in [6, 6.07) is 0. The van der Waals surface area contributed by atoms with Crippen LogP contribution >= 0.6 is 0 Å². The van der Waals surface area contributed by atoms with Crippen molar-refractivity contribution in [1.82, 2.24) is 10.2 Å². The van der Waals surface area contributed by atoms with E-state index >= 15 is 0 Å². The van der Waals surface area contributed by atoms with E-state index in [1.54, 1.807) is 0 Å². The summed E-state index contributed by atoms with van der Waals surface area (Å²) in [4.78, 5) is 13.8. The first-order chi connectivity index (χ1) is 10.2. The first-order valence-corrected chi connectivity index (χ1v) is 8.57. The molecule has 0 aromatic carbocycles. The minimum atomic E-state index is -0.428. The lowest BCUT2D eigenvalue weighted by atomic mass is 9.92. The van der Waals surface area contributed by atoms with Gasteiger partial charge < -0.3 is 20.1 Å². The molecule has 2 rings (SSSR count). The molecule has 1 unspecified atom stereocenters. The third-order valence-corrected chi connectivity index (χ3v) is 4.87. The molecule has 1 aliphatic carbocycles. The van der Waals surface area contributed by atoms with Gasteiger partial charge in [-0.2, -0.15) is 0 Å². The van der Waals surface area contributed by atoms with Crippen LogP contribution in [0.5, 0.6) is 0 Å². The number of aliphatic hydroxyl groups excluding tert-OH is 1. The van der Waals surface area contributed by atoms with E-state index in [1.807, 2.05) is 25.7 Å². The zero-order valence-electron chi connectivity index (χ0n) is 14.5. The Morgan fingerprint density at radius 1 is 1.18 bits per heavy atom. The fourth-order valence-corrected chi connectivity index (χ4v) is 3.07. The number of amides is 1. The molecule has 5 nitrogen and oxygen atoms in total. The highest BCUT2D eigenvalue weighted by molar-refractivity contribution is 5.68. The van der Waals surface area contributed by atoms with E-state index in [0.717, 1.165) is 32.5 Å². The van der Waals surface area contributed by atoms with Gasteiger partial charge in [0.2, 0.25) is 0 Å². The molecule has 1 heterocycles. The third kappa shape index (κ3) is 4.85. The molecule has 2 N–H and O–H groups in total. The standard InChI is InChI=1S/C17H32N2O3/c1-16(2,3)22-15(21)19-9-7-13(8-10-19)11-18-17(4,12-20)14-5-6-14/h13-14,18,20H,5-12H2,1-4H3. The van der Waals surface area contributed by atoms with Crippen molar-refractivity contribution >= 4 is 6.09 Å². The molecule has 0 spiro atoms. The Kier molecular flexibility index (Phi) is 5.38. The predicted molar refractivity (Wildman–Crippen MR) is 86.7 cm³/mol. The minimum Gasteiger partial charge on any atom is -0.444 e. The van der Waals surface area contributed by atoms with E-state index in [0.29, 0.717) is 11.8 Å². The van der Waals surface area contributed by atoms with Crippen molar-refractivity contribution < 1.29 is 14.6 Å². The lowest BCUT2D eigenvalue weighted by Gasteiger charge is -2.36. The highest BCUT2D eigenvalue weighted by atomic mass is 16.6. The monoisotopic (exact) mass is 312 g/mol. The number of nitrogens with zero attached hydrogens (tertiary/aromatic N) is 1. The predicted octanol–water partition coefficient (Wildman–Crippen LogP) is 2.38. The van der Waals surface area contributed by atoms with Crippen LogP contribution in [0.25, 0.3) is 0 Å². The molecular formula is C17H32N2O3. The van der Waals surface area contributed by atoms with Crippen LogP contribution in [0.4, 0.5) is 4.79 Å². The molecule has 5 heteroatoms. The van der Waals surface area contributed by atoms with Gasteiger partial charge >= 0.3 is 6.09 Å². The van der Waals surface area contributed by atoms with Gasteiger partial charge in [0, 0.05) is 18.6 Å². The number of hydrogen-bond donors (Lipinski definition) is 2. The summed E-state index contributed by atoms with van der Waals surface area (Å²) in [6.45, 7) is 10.5. The molecule has 1 aliphatic heterocycles. The van der Waals surface area contributed by atoms with Crippen molar-refractivity contribution in [3.05, 3.63) is 0 Å². The van der Waals surface area contributed by atoms with Crippen LogP contribution in [0.1, 0.15) is 53.4 Å². The Labute approximate surface area is 134 Å². The highest BCUT2D eigenvalue weighted by Crippen LogP contribution is 2.39. The number of rotatable bonds is 5. The second-order valence-corrected chi connectivity index (χ2v) is 8.14. The van der Waals surface area contributed by atoms with Crippen molar-refractivity contribution in [2.24, 2.45) is 11.8 Å². The number of carbonyl (C=O) groups excluding carboxylic acids is 1. The van der Waals surface area contributed by atoms with Crippen LogP contribution in [0.3, 0.4) is 0 Å². The topological polar surface area (TPSA) is 61.8 Å². The maximum absolute atomic E-state index is 12.0. The van der Waals surface area contributed by atoms with Gasteiger partial charge in [0.05, 0.1) is 6.61 Å². The molecule has 22 heavy (non-hydrogen) atoms. The van der Waals surface area contributed by atoms with Crippen LogP contribution in [0.2, 0.25) is 0 Å². The van der Waals surface area contributed by atoms with Crippen molar-refractivity contribution in [2.75, 3.05) is 26.2 Å². The minimum absolute atomic E-state index is 0.123. The van der Waals surface area contributed by atoms with Gasteiger partial charge in [0.25, 0.3) is 0 Å². The van der Waals surface area contributed by atoms with E-state index in [4.69, 9.17) is 4.74 Å². The Bertz CT molecular complexity index is 382. The smallest absolute Gasteiger partial charge is 0.410 e. The fraction of sp³-hybridized carbons (Fsp3) is 0.941.